The first-order valence-corrected chi connectivity index (χ1v) is 6.59. The van der Waals surface area contributed by atoms with Crippen LogP contribution in [0, 0.1) is 0 Å². The predicted octanol–water partition coefficient (Wildman–Crippen LogP) is 1.31. The number of thioether (sulfide) groups is 1. The fraction of sp³-hybridized carbons (Fsp3) is 1.00. The van der Waals surface area contributed by atoms with Gasteiger partial charge in [0.05, 0.1) is 0 Å². The lowest BCUT2D eigenvalue weighted by Crippen LogP contribution is -2.48. The van der Waals surface area contributed by atoms with Crippen molar-refractivity contribution in [3.63, 3.8) is 0 Å². The van der Waals surface area contributed by atoms with Crippen LogP contribution in [0.25, 0.3) is 0 Å². The maximum atomic E-state index is 5.98. The molecule has 0 amide bonds. The van der Waals surface area contributed by atoms with Crippen molar-refractivity contribution in [2.45, 2.75) is 37.8 Å². The molecular weight excluding hydrogens is 180 g/mol. The summed E-state index contributed by atoms with van der Waals surface area (Å²) < 4.78 is 0. The van der Waals surface area contributed by atoms with Gasteiger partial charge in [-0.15, -0.1) is 0 Å². The molecule has 0 unspecified atom stereocenters. The third-order valence-electron chi connectivity index (χ3n) is 3.20. The van der Waals surface area contributed by atoms with Crippen LogP contribution >= 0.6 is 11.8 Å². The number of nitrogens with two attached hydrogens (primary N) is 1. The highest BCUT2D eigenvalue weighted by atomic mass is 32.2. The average Bonchev–Trinajstić information content (AvgIpc) is 2.19. The molecule has 2 nitrogen and oxygen atoms in total. The number of piperidine rings is 1. The molecule has 2 heterocycles. The highest BCUT2D eigenvalue weighted by Gasteiger charge is 2.25. The molecule has 2 rings (SSSR count). The van der Waals surface area contributed by atoms with Crippen molar-refractivity contribution in [3.05, 3.63) is 0 Å². The van der Waals surface area contributed by atoms with Crippen LogP contribution in [-0.2, 0) is 0 Å². The highest BCUT2D eigenvalue weighted by molar-refractivity contribution is 7.99. The predicted molar refractivity (Wildman–Crippen MR) is 59.1 cm³/mol. The summed E-state index contributed by atoms with van der Waals surface area (Å²) in [5.41, 5.74) is 5.98. The second-order valence-corrected chi connectivity index (χ2v) is 5.47. The van der Waals surface area contributed by atoms with Crippen molar-refractivity contribution < 1.29 is 0 Å². The zero-order valence-electron chi connectivity index (χ0n) is 8.24. The van der Waals surface area contributed by atoms with Gasteiger partial charge in [0.25, 0.3) is 0 Å². The minimum Gasteiger partial charge on any atom is -0.327 e. The van der Waals surface area contributed by atoms with E-state index >= 15 is 0 Å². The monoisotopic (exact) mass is 200 g/mol. The lowest BCUT2D eigenvalue weighted by molar-refractivity contribution is 0.141. The van der Waals surface area contributed by atoms with Crippen LogP contribution in [0.15, 0.2) is 0 Å². The molecular formula is C10H20N2S. The van der Waals surface area contributed by atoms with Gasteiger partial charge in [0.1, 0.15) is 0 Å². The Balaban J connectivity index is 1.83. The minimum absolute atomic E-state index is 0.448. The Morgan fingerprint density at radius 3 is 2.62 bits per heavy atom. The van der Waals surface area contributed by atoms with Gasteiger partial charge in [-0.2, -0.15) is 11.8 Å². The van der Waals surface area contributed by atoms with Crippen molar-refractivity contribution >= 4 is 11.8 Å². The average molecular weight is 200 g/mol. The molecule has 0 saturated carbocycles. The zero-order valence-corrected chi connectivity index (χ0v) is 9.06. The van der Waals surface area contributed by atoms with E-state index in [-0.39, 0.29) is 0 Å². The molecule has 0 aromatic heterocycles. The van der Waals surface area contributed by atoms with Crippen molar-refractivity contribution in [1.82, 2.24) is 4.90 Å². The molecule has 3 heteroatoms. The molecule has 2 aliphatic rings. The van der Waals surface area contributed by atoms with Crippen LogP contribution in [-0.4, -0.2) is 41.6 Å². The normalized spacial score (nSPS) is 33.5. The molecule has 2 aliphatic heterocycles. The van der Waals surface area contributed by atoms with E-state index in [1.807, 2.05) is 0 Å². The van der Waals surface area contributed by atoms with E-state index in [1.54, 1.807) is 0 Å². The zero-order chi connectivity index (χ0) is 9.10. The quantitative estimate of drug-likeness (QED) is 0.692. The van der Waals surface area contributed by atoms with Crippen molar-refractivity contribution in [1.29, 1.82) is 0 Å². The number of nitrogens with zero attached hydrogens (tertiary/aromatic N) is 1. The largest absolute Gasteiger partial charge is 0.327 e. The van der Waals surface area contributed by atoms with Crippen LogP contribution < -0.4 is 5.73 Å². The van der Waals surface area contributed by atoms with Gasteiger partial charge in [-0.25, -0.2) is 0 Å². The van der Waals surface area contributed by atoms with E-state index in [4.69, 9.17) is 5.73 Å². The van der Waals surface area contributed by atoms with Crippen molar-refractivity contribution in [2.24, 2.45) is 5.73 Å². The second kappa shape index (κ2) is 4.67. The van der Waals surface area contributed by atoms with Crippen LogP contribution in [0.4, 0.5) is 0 Å². The topological polar surface area (TPSA) is 29.3 Å². The first-order chi connectivity index (χ1) is 6.36. The molecule has 13 heavy (non-hydrogen) atoms. The van der Waals surface area contributed by atoms with Crippen LogP contribution in [0.1, 0.15) is 25.7 Å². The van der Waals surface area contributed by atoms with Crippen molar-refractivity contribution in [3.8, 4) is 0 Å². The summed E-state index contributed by atoms with van der Waals surface area (Å²) in [7, 11) is 0. The Kier molecular flexibility index (Phi) is 3.52. The van der Waals surface area contributed by atoms with Crippen LogP contribution in [0.3, 0.4) is 0 Å². The maximum absolute atomic E-state index is 5.98. The molecule has 0 radical (unpaired) electrons. The number of likely N-dealkylation sites (tertiary alicyclic amines) is 1. The summed E-state index contributed by atoms with van der Waals surface area (Å²) in [6, 6.07) is 1.30. The molecule has 0 aromatic carbocycles. The summed E-state index contributed by atoms with van der Waals surface area (Å²) in [5.74, 6) is 2.72. The lowest BCUT2D eigenvalue weighted by Gasteiger charge is -2.38. The Bertz CT molecular complexity index is 157. The second-order valence-electron chi connectivity index (χ2n) is 4.24. The standard InChI is InChI=1S/C10H20N2S/c11-9-2-1-5-12(8-9)10-3-6-13-7-4-10/h9-10H,1-8,11H2/t9-/m1/s1. The number of rotatable bonds is 1. The van der Waals surface area contributed by atoms with Gasteiger partial charge in [-0.05, 0) is 43.7 Å². The van der Waals surface area contributed by atoms with Gasteiger partial charge in [-0.1, -0.05) is 0 Å². The fourth-order valence-corrected chi connectivity index (χ4v) is 3.50. The third kappa shape index (κ3) is 2.61. The molecule has 0 bridgehead atoms. The van der Waals surface area contributed by atoms with E-state index in [9.17, 15) is 0 Å². The Morgan fingerprint density at radius 2 is 1.92 bits per heavy atom. The summed E-state index contributed by atoms with van der Waals surface area (Å²) in [5, 5.41) is 0. The van der Waals surface area contributed by atoms with E-state index < -0.39 is 0 Å². The molecule has 2 saturated heterocycles. The van der Waals surface area contributed by atoms with Gasteiger partial charge >= 0.3 is 0 Å². The summed E-state index contributed by atoms with van der Waals surface area (Å²) in [4.78, 5) is 2.63. The molecule has 76 valence electrons. The van der Waals surface area contributed by atoms with Crippen LogP contribution in [0.5, 0.6) is 0 Å². The summed E-state index contributed by atoms with van der Waals surface area (Å²) in [6.45, 7) is 2.44. The van der Waals surface area contributed by atoms with Gasteiger partial charge in [-0.3, -0.25) is 4.90 Å². The maximum Gasteiger partial charge on any atom is 0.0168 e. The highest BCUT2D eigenvalue weighted by Crippen LogP contribution is 2.23. The number of hydrogen-bond donors (Lipinski definition) is 1. The fourth-order valence-electron chi connectivity index (χ4n) is 2.42. The van der Waals surface area contributed by atoms with E-state index in [0.29, 0.717) is 6.04 Å². The Hall–Kier alpha value is 0.270. The Labute approximate surface area is 85.2 Å². The smallest absolute Gasteiger partial charge is 0.0168 e. The van der Waals surface area contributed by atoms with Gasteiger partial charge in [0, 0.05) is 18.6 Å². The summed E-state index contributed by atoms with van der Waals surface area (Å²) in [6.07, 6.45) is 5.32. The van der Waals surface area contributed by atoms with Gasteiger partial charge in [0.2, 0.25) is 0 Å². The third-order valence-corrected chi connectivity index (χ3v) is 4.25. The first kappa shape index (κ1) is 9.81. The van der Waals surface area contributed by atoms with E-state index in [2.05, 4.69) is 16.7 Å². The van der Waals surface area contributed by atoms with Crippen molar-refractivity contribution in [2.75, 3.05) is 24.6 Å². The molecule has 0 aromatic rings. The molecule has 0 spiro atoms. The van der Waals surface area contributed by atoms with E-state index in [0.717, 1.165) is 12.6 Å². The molecule has 2 fully saturated rings. The first-order valence-electron chi connectivity index (χ1n) is 5.43. The van der Waals surface area contributed by atoms with Gasteiger partial charge in [0.15, 0.2) is 0 Å². The molecule has 2 N–H and O–H groups in total. The minimum atomic E-state index is 0.448. The molecule has 0 aliphatic carbocycles. The SMILES string of the molecule is N[C@@H]1CCCN(C2CCSCC2)C1. The summed E-state index contributed by atoms with van der Waals surface area (Å²) >= 11 is 2.11. The van der Waals surface area contributed by atoms with Crippen LogP contribution in [0.2, 0.25) is 0 Å². The van der Waals surface area contributed by atoms with Gasteiger partial charge < -0.3 is 5.73 Å². The number of hydrogen-bond acceptors (Lipinski definition) is 3. The van der Waals surface area contributed by atoms with E-state index in [1.165, 1.54) is 43.7 Å². The lowest BCUT2D eigenvalue weighted by atomic mass is 10.0. The molecule has 1 atom stereocenters. The Morgan fingerprint density at radius 1 is 1.15 bits per heavy atom.